The van der Waals surface area contributed by atoms with E-state index in [0.29, 0.717) is 6.61 Å². The second-order valence-corrected chi connectivity index (χ2v) is 9.38. The van der Waals surface area contributed by atoms with Crippen molar-refractivity contribution in [1.82, 2.24) is 14.5 Å². The number of fused-ring (bicyclic) bond motifs is 3. The van der Waals surface area contributed by atoms with Crippen LogP contribution in [0.1, 0.15) is 23.8 Å². The Hall–Kier alpha value is -1.87. The van der Waals surface area contributed by atoms with Gasteiger partial charge < -0.3 is 9.47 Å². The van der Waals surface area contributed by atoms with Crippen LogP contribution in [0.4, 0.5) is 0 Å². The summed E-state index contributed by atoms with van der Waals surface area (Å²) in [6.45, 7) is 5.79. The van der Waals surface area contributed by atoms with Crippen molar-refractivity contribution in [3.8, 4) is 11.4 Å². The minimum atomic E-state index is 0.0185. The van der Waals surface area contributed by atoms with Gasteiger partial charge in [0.05, 0.1) is 18.2 Å². The summed E-state index contributed by atoms with van der Waals surface area (Å²) in [5.41, 5.74) is 1.99. The van der Waals surface area contributed by atoms with E-state index < -0.39 is 0 Å². The first-order chi connectivity index (χ1) is 14.7. The van der Waals surface area contributed by atoms with Crippen LogP contribution >= 0.6 is 23.1 Å². The lowest BCUT2D eigenvalue weighted by atomic mass is 10.1. The minimum Gasteiger partial charge on any atom is -0.497 e. The van der Waals surface area contributed by atoms with E-state index in [2.05, 4.69) is 11.8 Å². The van der Waals surface area contributed by atoms with Gasteiger partial charge in [-0.1, -0.05) is 24.8 Å². The van der Waals surface area contributed by atoms with Crippen molar-refractivity contribution in [3.05, 3.63) is 45.1 Å². The molecule has 3 heterocycles. The molecule has 1 aliphatic heterocycles. The number of benzene rings is 1. The molecule has 0 unspecified atom stereocenters. The van der Waals surface area contributed by atoms with Gasteiger partial charge in [-0.3, -0.25) is 14.3 Å². The highest BCUT2D eigenvalue weighted by atomic mass is 32.2. The molecule has 2 aromatic heterocycles. The third kappa shape index (κ3) is 4.14. The van der Waals surface area contributed by atoms with E-state index in [-0.39, 0.29) is 5.56 Å². The number of methoxy groups -OCH3 is 2. The van der Waals surface area contributed by atoms with Crippen molar-refractivity contribution < 1.29 is 9.47 Å². The number of rotatable bonds is 8. The zero-order valence-corrected chi connectivity index (χ0v) is 19.3. The Morgan fingerprint density at radius 2 is 2.17 bits per heavy atom. The molecule has 0 bridgehead atoms. The number of hydrogen-bond donors (Lipinski definition) is 0. The zero-order chi connectivity index (χ0) is 21.1. The van der Waals surface area contributed by atoms with Gasteiger partial charge in [0.25, 0.3) is 5.56 Å². The minimum absolute atomic E-state index is 0.0185. The van der Waals surface area contributed by atoms with E-state index in [1.807, 2.05) is 24.3 Å². The summed E-state index contributed by atoms with van der Waals surface area (Å²) >= 11 is 3.28. The molecule has 30 heavy (non-hydrogen) atoms. The number of likely N-dealkylation sites (N-methyl/N-ethyl adjacent to an activating group) is 1. The largest absolute Gasteiger partial charge is 0.497 e. The summed E-state index contributed by atoms with van der Waals surface area (Å²) in [5, 5.41) is 1.51. The average Bonchev–Trinajstić information content (AvgIpc) is 3.14. The third-order valence-electron chi connectivity index (χ3n) is 5.41. The Morgan fingerprint density at radius 1 is 1.30 bits per heavy atom. The normalized spacial score (nSPS) is 14.2. The van der Waals surface area contributed by atoms with Gasteiger partial charge >= 0.3 is 0 Å². The molecule has 0 aliphatic carbocycles. The smallest absolute Gasteiger partial charge is 0.267 e. The molecule has 0 fully saturated rings. The standard InChI is InChI=1S/C22H27N3O3S2/c1-4-24-10-9-17-18(14-24)30-20-19(17)21(26)25(15-7-5-8-16(13-15)28-3)22(23-20)29-12-6-11-27-2/h5,7-8,13H,4,6,9-12,14H2,1-3H3. The number of thiophene rings is 1. The molecule has 0 amide bonds. The van der Waals surface area contributed by atoms with Crippen LogP contribution in [0.15, 0.2) is 34.2 Å². The van der Waals surface area contributed by atoms with Crippen LogP contribution in [0.5, 0.6) is 5.75 Å². The van der Waals surface area contributed by atoms with Crippen molar-refractivity contribution >= 4 is 33.3 Å². The Bertz CT molecular complexity index is 1090. The van der Waals surface area contributed by atoms with Crippen molar-refractivity contribution in [3.63, 3.8) is 0 Å². The highest BCUT2D eigenvalue weighted by Crippen LogP contribution is 2.34. The Balaban J connectivity index is 1.85. The Labute approximate surface area is 184 Å². The molecule has 160 valence electrons. The van der Waals surface area contributed by atoms with Crippen LogP contribution in [0.2, 0.25) is 0 Å². The second-order valence-electron chi connectivity index (χ2n) is 7.23. The van der Waals surface area contributed by atoms with Crippen LogP contribution in [0.3, 0.4) is 0 Å². The van der Waals surface area contributed by atoms with E-state index in [1.54, 1.807) is 41.9 Å². The summed E-state index contributed by atoms with van der Waals surface area (Å²) < 4.78 is 12.3. The van der Waals surface area contributed by atoms with E-state index >= 15 is 0 Å². The summed E-state index contributed by atoms with van der Waals surface area (Å²) in [7, 11) is 3.34. The number of nitrogens with zero attached hydrogens (tertiary/aromatic N) is 3. The fourth-order valence-corrected chi connectivity index (χ4v) is 6.02. The van der Waals surface area contributed by atoms with E-state index in [1.165, 1.54) is 10.4 Å². The van der Waals surface area contributed by atoms with Gasteiger partial charge in [0, 0.05) is 43.5 Å². The van der Waals surface area contributed by atoms with Crippen molar-refractivity contribution in [2.24, 2.45) is 0 Å². The molecule has 1 aromatic carbocycles. The third-order valence-corrected chi connectivity index (χ3v) is 7.54. The number of aromatic nitrogens is 2. The highest BCUT2D eigenvalue weighted by molar-refractivity contribution is 7.99. The summed E-state index contributed by atoms with van der Waals surface area (Å²) in [6, 6.07) is 7.63. The molecule has 6 nitrogen and oxygen atoms in total. The topological polar surface area (TPSA) is 56.6 Å². The van der Waals surface area contributed by atoms with Gasteiger partial charge in [-0.2, -0.15) is 0 Å². The maximum atomic E-state index is 13.8. The lowest BCUT2D eigenvalue weighted by Gasteiger charge is -2.25. The lowest BCUT2D eigenvalue weighted by molar-refractivity contribution is 0.200. The van der Waals surface area contributed by atoms with E-state index in [9.17, 15) is 4.79 Å². The summed E-state index contributed by atoms with van der Waals surface area (Å²) in [5.74, 6) is 1.56. The Morgan fingerprint density at radius 3 is 2.93 bits per heavy atom. The molecule has 8 heteroatoms. The molecule has 0 saturated heterocycles. The quantitative estimate of drug-likeness (QED) is 0.297. The molecule has 1 aliphatic rings. The van der Waals surface area contributed by atoms with Crippen molar-refractivity contribution in [2.45, 2.75) is 31.5 Å². The van der Waals surface area contributed by atoms with E-state index in [4.69, 9.17) is 14.5 Å². The molecular formula is C22H27N3O3S2. The van der Waals surface area contributed by atoms with Gasteiger partial charge in [0.15, 0.2) is 5.16 Å². The summed E-state index contributed by atoms with van der Waals surface area (Å²) in [4.78, 5) is 23.3. The summed E-state index contributed by atoms with van der Waals surface area (Å²) in [6.07, 6.45) is 1.80. The SMILES string of the molecule is CCN1CCc2c(sc3nc(SCCCOC)n(-c4cccc(OC)c4)c(=O)c23)C1. The Kier molecular flexibility index (Phi) is 6.77. The van der Waals surface area contributed by atoms with Crippen molar-refractivity contribution in [1.29, 1.82) is 0 Å². The molecule has 0 saturated carbocycles. The average molecular weight is 446 g/mol. The molecular weight excluding hydrogens is 418 g/mol. The van der Waals surface area contributed by atoms with E-state index in [0.717, 1.165) is 65.0 Å². The van der Waals surface area contributed by atoms with Crippen LogP contribution < -0.4 is 10.3 Å². The lowest BCUT2D eigenvalue weighted by Crippen LogP contribution is -2.30. The first kappa shape index (κ1) is 21.4. The van der Waals surface area contributed by atoms with Gasteiger partial charge in [-0.25, -0.2) is 4.98 Å². The number of thioether (sulfide) groups is 1. The second kappa shape index (κ2) is 9.51. The maximum Gasteiger partial charge on any atom is 0.267 e. The maximum absolute atomic E-state index is 13.8. The van der Waals surface area contributed by atoms with Crippen LogP contribution in [0, 0.1) is 0 Å². The van der Waals surface area contributed by atoms with Gasteiger partial charge in [-0.15, -0.1) is 11.3 Å². The molecule has 0 N–H and O–H groups in total. The first-order valence-corrected chi connectivity index (χ1v) is 12.0. The van der Waals surface area contributed by atoms with Crippen LogP contribution in [0.25, 0.3) is 15.9 Å². The van der Waals surface area contributed by atoms with Crippen LogP contribution in [-0.4, -0.2) is 54.1 Å². The molecule has 3 aromatic rings. The number of ether oxygens (including phenoxy) is 2. The molecule has 0 atom stereocenters. The predicted octanol–water partition coefficient (Wildman–Crippen LogP) is 3.96. The van der Waals surface area contributed by atoms with Gasteiger partial charge in [0.1, 0.15) is 10.6 Å². The predicted molar refractivity (Wildman–Crippen MR) is 124 cm³/mol. The first-order valence-electron chi connectivity index (χ1n) is 10.2. The van der Waals surface area contributed by atoms with Crippen LogP contribution in [-0.2, 0) is 17.7 Å². The fourth-order valence-electron chi connectivity index (χ4n) is 3.79. The fraction of sp³-hybridized carbons (Fsp3) is 0.455. The van der Waals surface area contributed by atoms with Crippen molar-refractivity contribution in [2.75, 3.05) is 39.7 Å². The monoisotopic (exact) mass is 445 g/mol. The van der Waals surface area contributed by atoms with Gasteiger partial charge in [-0.05, 0) is 37.1 Å². The molecule has 0 radical (unpaired) electrons. The molecule has 4 rings (SSSR count). The number of hydrogen-bond acceptors (Lipinski definition) is 7. The zero-order valence-electron chi connectivity index (χ0n) is 17.6. The highest BCUT2D eigenvalue weighted by Gasteiger charge is 2.25. The van der Waals surface area contributed by atoms with Gasteiger partial charge in [0.2, 0.25) is 0 Å². The molecule has 0 spiro atoms.